The predicted molar refractivity (Wildman–Crippen MR) is 160 cm³/mol. The van der Waals surface area contributed by atoms with Crippen molar-refractivity contribution in [1.29, 1.82) is 0 Å². The van der Waals surface area contributed by atoms with Gasteiger partial charge in [0, 0.05) is 74.3 Å². The van der Waals surface area contributed by atoms with Gasteiger partial charge in [0.15, 0.2) is 0 Å². The van der Waals surface area contributed by atoms with Crippen LogP contribution in [-0.4, -0.2) is 117 Å². The Morgan fingerprint density at radius 2 is 1.85 bits per heavy atom. The number of piperazine rings is 1. The predicted octanol–water partition coefficient (Wildman–Crippen LogP) is 2.58. The molecule has 0 aromatic carbocycles. The van der Waals surface area contributed by atoms with E-state index < -0.39 is 15.6 Å². The van der Waals surface area contributed by atoms with Gasteiger partial charge >= 0.3 is 0 Å². The highest BCUT2D eigenvalue weighted by molar-refractivity contribution is 8.15. The molecule has 2 atom stereocenters. The zero-order valence-electron chi connectivity index (χ0n) is 23.6. The minimum Gasteiger partial charge on any atom is -0.340 e. The van der Waals surface area contributed by atoms with Gasteiger partial charge in [0.2, 0.25) is 17.7 Å². The van der Waals surface area contributed by atoms with Gasteiger partial charge in [-0.1, -0.05) is 25.4 Å². The van der Waals surface area contributed by atoms with Gasteiger partial charge in [-0.15, -0.1) is 20.9 Å². The number of carbonyl (C=O) groups is 3. The number of rotatable bonds is 9. The maximum Gasteiger partial charge on any atom is 0.242 e. The number of thiophene rings is 1. The van der Waals surface area contributed by atoms with Crippen LogP contribution >= 0.6 is 22.9 Å². The van der Waals surface area contributed by atoms with Crippen LogP contribution in [0.4, 0.5) is 0 Å². The minimum absolute atomic E-state index is 0.00349. The van der Waals surface area contributed by atoms with Crippen LogP contribution in [0.5, 0.6) is 0 Å². The zero-order chi connectivity index (χ0) is 29.1. The Balaban J connectivity index is 1.31. The second-order valence-corrected chi connectivity index (χ2v) is 16.5. The lowest BCUT2D eigenvalue weighted by atomic mass is 10.1. The molecule has 0 saturated carbocycles. The summed E-state index contributed by atoms with van der Waals surface area (Å²) in [4.78, 5) is 47.3. The molecule has 0 bridgehead atoms. The van der Waals surface area contributed by atoms with Gasteiger partial charge < -0.3 is 14.7 Å². The number of hydrogen-bond acceptors (Lipinski definition) is 6. The molecule has 4 rings (SSSR count). The third kappa shape index (κ3) is 8.13. The average Bonchev–Trinajstić information content (AvgIpc) is 3.53. The van der Waals surface area contributed by atoms with Crippen molar-refractivity contribution in [1.82, 2.24) is 24.3 Å². The molecule has 3 fully saturated rings. The van der Waals surface area contributed by atoms with Crippen molar-refractivity contribution in [3.05, 3.63) is 26.8 Å². The van der Waals surface area contributed by atoms with E-state index in [1.54, 1.807) is 12.1 Å². The molecule has 13 heteroatoms. The summed E-state index contributed by atoms with van der Waals surface area (Å²) in [5, 5.41) is 1.20. The molecule has 40 heavy (non-hydrogen) atoms. The van der Waals surface area contributed by atoms with Crippen molar-refractivity contribution < 1.29 is 23.1 Å². The third-order valence-corrected chi connectivity index (χ3v) is 10.6. The van der Waals surface area contributed by atoms with Gasteiger partial charge in [-0.2, -0.15) is 4.21 Å². The smallest absolute Gasteiger partial charge is 0.242 e. The minimum atomic E-state index is -4.45. The molecule has 2 N–H and O–H groups in total. The van der Waals surface area contributed by atoms with Crippen molar-refractivity contribution in [3.63, 3.8) is 0 Å². The van der Waals surface area contributed by atoms with Crippen molar-refractivity contribution in [2.75, 3.05) is 58.6 Å². The number of halogens is 1. The molecule has 3 amide bonds. The molecule has 3 aliphatic heterocycles. The monoisotopic (exact) mass is 615 g/mol. The largest absolute Gasteiger partial charge is 0.340 e. The number of nitrogens with zero attached hydrogens (tertiary/aromatic N) is 4. The molecular weight excluding hydrogens is 574 g/mol. The Hall–Kier alpha value is -1.83. The Morgan fingerprint density at radius 3 is 2.50 bits per heavy atom. The summed E-state index contributed by atoms with van der Waals surface area (Å²) in [6.45, 7) is 8.68. The van der Waals surface area contributed by atoms with Crippen molar-refractivity contribution in [2.24, 2.45) is 5.92 Å². The SMILES string of the molecule is CC(C)C(=O)N1CCN(C[C@@H]2CCCN2C(=O)CN2CCC[C@H](NS(C)(=O)(O)/C=C/c3ccc(Cl)s3)C2=O)CC1. The first kappa shape index (κ1) is 31.1. The van der Waals surface area contributed by atoms with Crippen LogP contribution in [-0.2, 0) is 23.9 Å². The standard InChI is InChI=1S/C27H42ClN5O5S2/c1-20(2)26(35)31-15-13-30(14-16-31)18-21-6-4-12-33(21)25(34)19-32-11-5-7-23(27(32)36)29-40(3,37,38)17-10-22-8-9-24(28)39-22/h8-10,17,20-21,23H,4-7,11-16,18-19H2,1-3H3,(H2,29,37,38)/b17-10+/t21-,23-/m0/s1. The number of hydrogen-bond donors (Lipinski definition) is 2. The molecule has 4 heterocycles. The van der Waals surface area contributed by atoms with Crippen LogP contribution in [0.3, 0.4) is 0 Å². The highest BCUT2D eigenvalue weighted by Crippen LogP contribution is 2.27. The third-order valence-electron chi connectivity index (χ3n) is 7.78. The number of carbonyl (C=O) groups excluding carboxylic acids is 3. The maximum absolute atomic E-state index is 13.4. The molecule has 0 radical (unpaired) electrons. The summed E-state index contributed by atoms with van der Waals surface area (Å²) in [5.41, 5.74) is 0. The summed E-state index contributed by atoms with van der Waals surface area (Å²) in [6, 6.07) is 2.70. The number of nitrogens with one attached hydrogen (secondary N) is 1. The van der Waals surface area contributed by atoms with Crippen LogP contribution in [0.1, 0.15) is 44.4 Å². The highest BCUT2D eigenvalue weighted by Gasteiger charge is 2.37. The van der Waals surface area contributed by atoms with Crippen LogP contribution in [0.2, 0.25) is 4.34 Å². The quantitative estimate of drug-likeness (QED) is 0.442. The molecule has 224 valence electrons. The van der Waals surface area contributed by atoms with Crippen LogP contribution in [0, 0.1) is 5.92 Å². The normalized spacial score (nSPS) is 24.2. The van der Waals surface area contributed by atoms with Gasteiger partial charge in [0.25, 0.3) is 0 Å². The molecule has 0 unspecified atom stereocenters. The van der Waals surface area contributed by atoms with Crippen molar-refractivity contribution in [2.45, 2.75) is 51.6 Å². The van der Waals surface area contributed by atoms with Crippen LogP contribution in [0.15, 0.2) is 17.5 Å². The summed E-state index contributed by atoms with van der Waals surface area (Å²) in [7, 11) is -4.45. The van der Waals surface area contributed by atoms with E-state index in [1.807, 2.05) is 23.6 Å². The van der Waals surface area contributed by atoms with Gasteiger partial charge in [-0.25, -0.2) is 4.72 Å². The lowest BCUT2D eigenvalue weighted by Gasteiger charge is -2.42. The van der Waals surface area contributed by atoms with E-state index in [4.69, 9.17) is 11.6 Å². The Labute approximate surface area is 246 Å². The summed E-state index contributed by atoms with van der Waals surface area (Å²) in [6.07, 6.45) is 5.61. The number of likely N-dealkylation sites (tertiary alicyclic amines) is 2. The van der Waals surface area contributed by atoms with Gasteiger partial charge in [-0.05, 0) is 43.9 Å². The van der Waals surface area contributed by atoms with E-state index in [0.29, 0.717) is 43.4 Å². The molecular formula is C27H42ClN5O5S2. The number of amides is 3. The fraction of sp³-hybridized carbons (Fsp3) is 0.667. The van der Waals surface area contributed by atoms with E-state index in [2.05, 4.69) is 9.62 Å². The first-order valence-electron chi connectivity index (χ1n) is 14.0. The van der Waals surface area contributed by atoms with E-state index >= 15 is 0 Å². The van der Waals surface area contributed by atoms with Gasteiger partial charge in [0.1, 0.15) is 6.04 Å². The van der Waals surface area contributed by atoms with Crippen molar-refractivity contribution >= 4 is 56.3 Å². The van der Waals surface area contributed by atoms with E-state index in [-0.39, 0.29) is 36.2 Å². The molecule has 0 spiro atoms. The molecule has 1 aromatic heterocycles. The summed E-state index contributed by atoms with van der Waals surface area (Å²) < 4.78 is 27.4. The molecule has 0 aliphatic carbocycles. The Morgan fingerprint density at radius 1 is 1.15 bits per heavy atom. The lowest BCUT2D eigenvalue weighted by Crippen LogP contribution is -2.59. The van der Waals surface area contributed by atoms with Crippen LogP contribution in [0.25, 0.3) is 6.08 Å². The van der Waals surface area contributed by atoms with E-state index in [1.165, 1.54) is 34.0 Å². The second-order valence-electron chi connectivity index (χ2n) is 11.5. The Kier molecular flexibility index (Phi) is 9.79. The number of piperidine rings is 1. The lowest BCUT2D eigenvalue weighted by molar-refractivity contribution is -0.143. The molecule has 10 nitrogen and oxygen atoms in total. The molecule has 1 aromatic rings. The highest BCUT2D eigenvalue weighted by atomic mass is 35.5. The van der Waals surface area contributed by atoms with Gasteiger partial charge in [-0.3, -0.25) is 23.8 Å². The van der Waals surface area contributed by atoms with E-state index in [0.717, 1.165) is 37.4 Å². The molecule has 3 saturated heterocycles. The topological polar surface area (TPSA) is 114 Å². The van der Waals surface area contributed by atoms with E-state index in [9.17, 15) is 23.1 Å². The second kappa shape index (κ2) is 12.6. The fourth-order valence-corrected chi connectivity index (χ4v) is 8.17. The van der Waals surface area contributed by atoms with Gasteiger partial charge in [0.05, 0.1) is 10.9 Å². The zero-order valence-corrected chi connectivity index (χ0v) is 26.0. The maximum atomic E-state index is 13.4. The van der Waals surface area contributed by atoms with Crippen molar-refractivity contribution in [3.8, 4) is 0 Å². The fourth-order valence-electron chi connectivity index (χ4n) is 5.66. The first-order chi connectivity index (χ1) is 18.8. The first-order valence-corrected chi connectivity index (χ1v) is 17.6. The Bertz CT molecular complexity index is 1190. The molecule has 3 aliphatic rings. The van der Waals surface area contributed by atoms with Crippen LogP contribution < -0.4 is 4.72 Å². The summed E-state index contributed by atoms with van der Waals surface area (Å²) >= 11 is 7.24. The average molecular weight is 616 g/mol. The summed E-state index contributed by atoms with van der Waals surface area (Å²) in [5.74, 6) is -0.233.